The Bertz CT molecular complexity index is 1490. The third-order valence-corrected chi connectivity index (χ3v) is 8.45. The molecular formula is C31H26BrF2NO4. The Morgan fingerprint density at radius 2 is 1.67 bits per heavy atom. The van der Waals surface area contributed by atoms with Crippen molar-refractivity contribution in [1.82, 2.24) is 4.90 Å². The number of halogens is 3. The Morgan fingerprint density at radius 1 is 0.974 bits per heavy atom. The maximum absolute atomic E-state index is 15.2. The zero-order chi connectivity index (χ0) is 27.4. The molecule has 5 nitrogen and oxygen atoms in total. The minimum Gasteiger partial charge on any atom is -0.488 e. The Balaban J connectivity index is 1.12. The smallest absolute Gasteiger partial charge is 0.410 e. The lowest BCUT2D eigenvalue weighted by molar-refractivity contribution is 0.0478. The number of hydrogen-bond donors (Lipinski definition) is 0. The Labute approximate surface area is 233 Å². The summed E-state index contributed by atoms with van der Waals surface area (Å²) in [4.78, 5) is 27.6. The third-order valence-electron chi connectivity index (χ3n) is 7.96. The lowest BCUT2D eigenvalue weighted by Crippen LogP contribution is -2.38. The van der Waals surface area contributed by atoms with Crippen molar-refractivity contribution in [2.24, 2.45) is 5.41 Å². The quantitative estimate of drug-likeness (QED) is 0.210. The number of rotatable bonds is 7. The number of hydrogen-bond acceptors (Lipinski definition) is 4. The highest BCUT2D eigenvalue weighted by atomic mass is 79.9. The van der Waals surface area contributed by atoms with Crippen LogP contribution in [0.2, 0.25) is 0 Å². The van der Waals surface area contributed by atoms with Gasteiger partial charge < -0.3 is 9.47 Å². The molecule has 2 aliphatic carbocycles. The first-order valence-corrected chi connectivity index (χ1v) is 13.6. The summed E-state index contributed by atoms with van der Waals surface area (Å²) >= 11 is 3.26. The number of ketones is 1. The Hall–Kier alpha value is -3.52. The summed E-state index contributed by atoms with van der Waals surface area (Å²) in [5.74, 6) is -3.35. The molecule has 3 aromatic carbocycles. The molecule has 2 fully saturated rings. The maximum Gasteiger partial charge on any atom is 0.410 e. The van der Waals surface area contributed by atoms with E-state index in [4.69, 9.17) is 9.47 Å². The van der Waals surface area contributed by atoms with Crippen molar-refractivity contribution in [3.05, 3.63) is 106 Å². The summed E-state index contributed by atoms with van der Waals surface area (Å²) in [6.07, 6.45) is 2.27. The van der Waals surface area contributed by atoms with Gasteiger partial charge in [0.05, 0.1) is 6.04 Å². The largest absolute Gasteiger partial charge is 0.488 e. The fourth-order valence-corrected chi connectivity index (χ4v) is 5.94. The second-order valence-corrected chi connectivity index (χ2v) is 11.5. The number of Topliss-reactive ketones (excluding diaryl/α,β-unsaturated/α-hetero) is 1. The molecule has 0 aromatic heterocycles. The highest BCUT2D eigenvalue weighted by Crippen LogP contribution is 2.56. The Kier molecular flexibility index (Phi) is 6.33. The van der Waals surface area contributed by atoms with Crippen molar-refractivity contribution in [2.75, 3.05) is 13.2 Å². The lowest BCUT2D eigenvalue weighted by Gasteiger charge is -2.25. The normalized spacial score (nSPS) is 19.4. The van der Waals surface area contributed by atoms with E-state index in [0.29, 0.717) is 34.3 Å². The van der Waals surface area contributed by atoms with Crippen LogP contribution >= 0.6 is 15.9 Å². The summed E-state index contributed by atoms with van der Waals surface area (Å²) < 4.78 is 42.3. The fraction of sp³-hybridized carbons (Fsp3) is 0.290. The van der Waals surface area contributed by atoms with Crippen LogP contribution in [-0.2, 0) is 22.0 Å². The number of fused-ring (bicyclic) bond motifs is 3. The molecule has 6 rings (SSSR count). The first kappa shape index (κ1) is 25.7. The van der Waals surface area contributed by atoms with Crippen LogP contribution in [0.15, 0.2) is 83.5 Å². The first-order valence-electron chi connectivity index (χ1n) is 12.8. The van der Waals surface area contributed by atoms with Gasteiger partial charge in [-0.05, 0) is 59.6 Å². The van der Waals surface area contributed by atoms with Gasteiger partial charge in [0.2, 0.25) is 0 Å². The van der Waals surface area contributed by atoms with E-state index in [1.54, 1.807) is 29.2 Å². The molecular weight excluding hydrogens is 568 g/mol. The topological polar surface area (TPSA) is 55.8 Å². The van der Waals surface area contributed by atoms with Crippen LogP contribution in [0.1, 0.15) is 46.3 Å². The van der Waals surface area contributed by atoms with Crippen LogP contribution in [0, 0.1) is 5.41 Å². The molecule has 1 saturated heterocycles. The standard InChI is InChI=1S/C31H26BrF2NO4/c1-19(27-15-30(11-12-30)18-35(27)29(37)39-16-20-5-3-2-4-6-20)38-17-28(36)21-7-9-23-24-10-8-22(32)14-26(24)31(33,34)25(23)13-21/h2-10,13-14,27H,1,11-12,15-18H2/t27-/m0/s1. The first-order chi connectivity index (χ1) is 18.7. The zero-order valence-corrected chi connectivity index (χ0v) is 22.7. The molecule has 1 amide bonds. The van der Waals surface area contributed by atoms with E-state index in [1.807, 2.05) is 30.3 Å². The van der Waals surface area contributed by atoms with E-state index in [0.717, 1.165) is 18.4 Å². The van der Waals surface area contributed by atoms with E-state index < -0.39 is 23.8 Å². The molecule has 200 valence electrons. The van der Waals surface area contributed by atoms with Crippen LogP contribution in [0.25, 0.3) is 11.1 Å². The molecule has 1 atom stereocenters. The fourth-order valence-electron chi connectivity index (χ4n) is 5.58. The number of carbonyl (C=O) groups is 2. The average molecular weight is 594 g/mol. The molecule has 0 unspecified atom stereocenters. The van der Waals surface area contributed by atoms with E-state index in [9.17, 15) is 9.59 Å². The van der Waals surface area contributed by atoms with Gasteiger partial charge in [0.15, 0.2) is 12.4 Å². The predicted molar refractivity (Wildman–Crippen MR) is 145 cm³/mol. The number of alkyl halides is 2. The second kappa shape index (κ2) is 9.59. The van der Waals surface area contributed by atoms with Crippen LogP contribution in [-0.4, -0.2) is 36.0 Å². The third kappa shape index (κ3) is 4.75. The van der Waals surface area contributed by atoms with Gasteiger partial charge in [-0.25, -0.2) is 4.79 Å². The molecule has 1 spiro atoms. The van der Waals surface area contributed by atoms with Crippen LogP contribution < -0.4 is 0 Å². The minimum absolute atomic E-state index is 0.0440. The van der Waals surface area contributed by atoms with Crippen molar-refractivity contribution in [3.8, 4) is 11.1 Å². The van der Waals surface area contributed by atoms with Crippen molar-refractivity contribution in [2.45, 2.75) is 37.8 Å². The highest BCUT2D eigenvalue weighted by molar-refractivity contribution is 9.10. The second-order valence-electron chi connectivity index (χ2n) is 10.6. The van der Waals surface area contributed by atoms with Gasteiger partial charge in [0, 0.05) is 27.7 Å². The summed E-state index contributed by atoms with van der Waals surface area (Å²) in [5.41, 5.74) is 1.65. The van der Waals surface area contributed by atoms with Gasteiger partial charge in [-0.15, -0.1) is 0 Å². The van der Waals surface area contributed by atoms with Crippen molar-refractivity contribution >= 4 is 27.8 Å². The molecule has 1 aliphatic heterocycles. The molecule has 1 heterocycles. The van der Waals surface area contributed by atoms with Gasteiger partial charge in [0.1, 0.15) is 12.4 Å². The molecule has 8 heteroatoms. The van der Waals surface area contributed by atoms with E-state index in [1.165, 1.54) is 12.1 Å². The summed E-state index contributed by atoms with van der Waals surface area (Å²) in [5, 5.41) is 0. The van der Waals surface area contributed by atoms with Crippen molar-refractivity contribution in [1.29, 1.82) is 0 Å². The SMILES string of the molecule is C=C(OCC(=O)c1ccc2c(c1)C(F)(F)c1cc(Br)ccc1-2)[C@@H]1CC2(CC2)CN1C(=O)OCc1ccccc1. The van der Waals surface area contributed by atoms with Crippen LogP contribution in [0.3, 0.4) is 0 Å². The molecule has 3 aliphatic rings. The predicted octanol–water partition coefficient (Wildman–Crippen LogP) is 7.47. The van der Waals surface area contributed by atoms with Crippen LogP contribution in [0.4, 0.5) is 13.6 Å². The lowest BCUT2D eigenvalue weighted by atomic mass is 10.0. The van der Waals surface area contributed by atoms with Gasteiger partial charge in [-0.3, -0.25) is 9.69 Å². The van der Waals surface area contributed by atoms with E-state index >= 15 is 8.78 Å². The minimum atomic E-state index is -3.21. The van der Waals surface area contributed by atoms with Gasteiger partial charge >= 0.3 is 6.09 Å². The molecule has 3 aromatic rings. The Morgan fingerprint density at radius 3 is 2.38 bits per heavy atom. The average Bonchev–Trinajstić information content (AvgIpc) is 3.53. The molecule has 0 N–H and O–H groups in total. The monoisotopic (exact) mass is 593 g/mol. The van der Waals surface area contributed by atoms with Crippen molar-refractivity contribution in [3.63, 3.8) is 0 Å². The number of carbonyl (C=O) groups excluding carboxylic acids is 2. The molecule has 39 heavy (non-hydrogen) atoms. The van der Waals surface area contributed by atoms with E-state index in [2.05, 4.69) is 22.5 Å². The zero-order valence-electron chi connectivity index (χ0n) is 21.1. The molecule has 1 saturated carbocycles. The summed E-state index contributed by atoms with van der Waals surface area (Å²) in [6, 6.07) is 18.2. The van der Waals surface area contributed by atoms with E-state index in [-0.39, 0.29) is 35.3 Å². The molecule has 0 bridgehead atoms. The van der Waals surface area contributed by atoms with Crippen LogP contribution in [0.5, 0.6) is 0 Å². The van der Waals surface area contributed by atoms with Crippen molar-refractivity contribution < 1.29 is 27.8 Å². The number of benzene rings is 3. The maximum atomic E-state index is 15.2. The number of amides is 1. The van der Waals surface area contributed by atoms with Gasteiger partial charge in [0.25, 0.3) is 5.92 Å². The molecule has 0 radical (unpaired) electrons. The number of ether oxygens (including phenoxy) is 2. The number of nitrogens with zero attached hydrogens (tertiary/aromatic N) is 1. The summed E-state index contributed by atoms with van der Waals surface area (Å²) in [7, 11) is 0. The van der Waals surface area contributed by atoms with Gasteiger partial charge in [-0.1, -0.05) is 71.0 Å². The highest BCUT2D eigenvalue weighted by Gasteiger charge is 2.55. The summed E-state index contributed by atoms with van der Waals surface area (Å²) in [6.45, 7) is 4.36. The number of likely N-dealkylation sites (tertiary alicyclic amines) is 1. The van der Waals surface area contributed by atoms with Gasteiger partial charge in [-0.2, -0.15) is 8.78 Å².